The number of fused-ring (bicyclic) bond motifs is 1. The molecule has 0 saturated carbocycles. The largest absolute Gasteiger partial charge is 0.382 e. The highest BCUT2D eigenvalue weighted by atomic mass is 16.1. The van der Waals surface area contributed by atoms with Gasteiger partial charge in [-0.15, -0.1) is 0 Å². The Hall–Kier alpha value is -5.30. The van der Waals surface area contributed by atoms with Gasteiger partial charge in [0.15, 0.2) is 0 Å². The molecule has 0 radical (unpaired) electrons. The molecule has 5 rings (SSSR count). The highest BCUT2D eigenvalue weighted by Gasteiger charge is 2.14. The molecule has 178 valence electrons. The fourth-order valence-corrected chi connectivity index (χ4v) is 3.71. The number of nitrogen functional groups attached to an aromatic ring is 2. The summed E-state index contributed by atoms with van der Waals surface area (Å²) in [6.45, 7) is 1.83. The molecule has 10 heteroatoms. The van der Waals surface area contributed by atoms with Crippen molar-refractivity contribution in [2.45, 2.75) is 6.92 Å². The van der Waals surface area contributed by atoms with Gasteiger partial charge in [0.1, 0.15) is 23.3 Å². The minimum atomic E-state index is -0.122. The van der Waals surface area contributed by atoms with E-state index in [1.165, 1.54) is 16.8 Å². The number of para-hydroxylation sites is 1. The van der Waals surface area contributed by atoms with E-state index in [9.17, 15) is 9.59 Å². The van der Waals surface area contributed by atoms with Crippen LogP contribution in [0, 0.1) is 18.3 Å². The van der Waals surface area contributed by atoms with Crippen LogP contribution in [0.25, 0.3) is 27.7 Å². The first-order valence-electron chi connectivity index (χ1n) is 10.8. The van der Waals surface area contributed by atoms with Crippen molar-refractivity contribution in [2.75, 3.05) is 11.5 Å². The quantitative estimate of drug-likeness (QED) is 0.392. The van der Waals surface area contributed by atoms with E-state index in [0.717, 1.165) is 16.8 Å². The van der Waals surface area contributed by atoms with Crippen molar-refractivity contribution in [1.29, 1.82) is 5.26 Å². The molecule has 36 heavy (non-hydrogen) atoms. The third-order valence-electron chi connectivity index (χ3n) is 5.43. The van der Waals surface area contributed by atoms with Gasteiger partial charge in [-0.25, -0.2) is 9.97 Å². The molecule has 10 nitrogen and oxygen atoms in total. The molecule has 3 aromatic heterocycles. The van der Waals surface area contributed by atoms with Gasteiger partial charge in [0.05, 0.1) is 22.8 Å². The van der Waals surface area contributed by atoms with Gasteiger partial charge in [-0.1, -0.05) is 30.3 Å². The molecule has 0 fully saturated rings. The predicted octanol–water partition coefficient (Wildman–Crippen LogP) is 2.57. The minimum Gasteiger partial charge on any atom is -0.382 e. The van der Waals surface area contributed by atoms with E-state index in [1.54, 1.807) is 23.9 Å². The van der Waals surface area contributed by atoms with Crippen LogP contribution in [0.2, 0.25) is 0 Å². The molecular weight excluding hydrogens is 456 g/mol. The van der Waals surface area contributed by atoms with Crippen LogP contribution in [-0.2, 0) is 7.05 Å². The maximum Gasteiger partial charge on any atom is 0.266 e. The molecule has 0 spiro atoms. The van der Waals surface area contributed by atoms with E-state index in [1.807, 2.05) is 61.5 Å². The highest BCUT2D eigenvalue weighted by Crippen LogP contribution is 2.25. The number of aromatic nitrogens is 5. The second-order valence-corrected chi connectivity index (χ2v) is 7.84. The van der Waals surface area contributed by atoms with Gasteiger partial charge in [0, 0.05) is 19.3 Å². The van der Waals surface area contributed by atoms with Crippen LogP contribution in [0.5, 0.6) is 0 Å². The topological polar surface area (TPSA) is 159 Å². The van der Waals surface area contributed by atoms with Gasteiger partial charge < -0.3 is 16.0 Å². The summed E-state index contributed by atoms with van der Waals surface area (Å²) in [6.07, 6.45) is 3.03. The number of nitriles is 1. The molecule has 0 bridgehead atoms. The number of anilines is 2. The lowest BCUT2D eigenvalue weighted by Gasteiger charge is -2.13. The molecule has 3 heterocycles. The SMILES string of the molecule is Cc1nc2cccc(-c3ccc(=O)n(C)c3)c2c(=O)n1-c1ccccc1.N#Cc1cnc(N)nc1N. The summed E-state index contributed by atoms with van der Waals surface area (Å²) in [5, 5.41) is 8.90. The molecule has 0 aliphatic carbocycles. The first kappa shape index (κ1) is 23.8. The molecule has 0 amide bonds. The van der Waals surface area contributed by atoms with Gasteiger partial charge in [-0.2, -0.15) is 10.2 Å². The maximum absolute atomic E-state index is 13.4. The monoisotopic (exact) mass is 478 g/mol. The number of hydrogen-bond donors (Lipinski definition) is 2. The van der Waals surface area contributed by atoms with Crippen LogP contribution >= 0.6 is 0 Å². The summed E-state index contributed by atoms with van der Waals surface area (Å²) in [7, 11) is 1.70. The standard InChI is InChI=1S/C21H17N3O2.C5H5N5/c1-14-22-18-10-6-9-17(15-11-12-19(25)23(2)13-15)20(18)21(26)24(14)16-7-4-3-5-8-16;6-1-3-2-9-5(8)10-4(3)7/h3-13H,1-2H3;2H,(H4,7,8,9,10). The zero-order valence-electron chi connectivity index (χ0n) is 19.6. The molecule has 0 aliphatic rings. The lowest BCUT2D eigenvalue weighted by molar-refractivity contribution is 0.862. The zero-order chi connectivity index (χ0) is 25.8. The maximum atomic E-state index is 13.4. The summed E-state index contributed by atoms with van der Waals surface area (Å²) in [6, 6.07) is 20.1. The fourth-order valence-electron chi connectivity index (χ4n) is 3.71. The van der Waals surface area contributed by atoms with Crippen LogP contribution in [0.15, 0.2) is 82.6 Å². The van der Waals surface area contributed by atoms with E-state index in [-0.39, 0.29) is 28.4 Å². The van der Waals surface area contributed by atoms with Crippen LogP contribution in [0.1, 0.15) is 11.4 Å². The highest BCUT2D eigenvalue weighted by molar-refractivity contribution is 5.94. The summed E-state index contributed by atoms with van der Waals surface area (Å²) >= 11 is 0. The van der Waals surface area contributed by atoms with Crippen molar-refractivity contribution in [3.8, 4) is 22.9 Å². The lowest BCUT2D eigenvalue weighted by Crippen LogP contribution is -2.23. The van der Waals surface area contributed by atoms with Crippen molar-refractivity contribution < 1.29 is 0 Å². The molecule has 4 N–H and O–H groups in total. The Bertz CT molecular complexity index is 1730. The fraction of sp³-hybridized carbons (Fsp3) is 0.0769. The van der Waals surface area contributed by atoms with Crippen molar-refractivity contribution >= 4 is 22.7 Å². The Morgan fingerprint density at radius 2 is 1.69 bits per heavy atom. The molecular formula is C26H22N8O2. The average Bonchev–Trinajstić information content (AvgIpc) is 2.86. The Balaban J connectivity index is 0.000000256. The molecule has 5 aromatic rings. The normalized spacial score (nSPS) is 10.4. The molecule has 0 unspecified atom stereocenters. The molecule has 0 atom stereocenters. The van der Waals surface area contributed by atoms with Crippen molar-refractivity contribution in [3.63, 3.8) is 0 Å². The number of pyridine rings is 1. The zero-order valence-corrected chi connectivity index (χ0v) is 19.6. The summed E-state index contributed by atoms with van der Waals surface area (Å²) < 4.78 is 3.12. The first-order chi connectivity index (χ1) is 17.3. The van der Waals surface area contributed by atoms with Crippen molar-refractivity contribution in [1.82, 2.24) is 24.1 Å². The summed E-state index contributed by atoms with van der Waals surface area (Å²) in [5.74, 6) is 0.831. The Morgan fingerprint density at radius 3 is 2.36 bits per heavy atom. The van der Waals surface area contributed by atoms with Gasteiger partial charge in [-0.3, -0.25) is 14.2 Å². The molecule has 2 aromatic carbocycles. The number of aryl methyl sites for hydroxylation is 2. The second-order valence-electron chi connectivity index (χ2n) is 7.84. The minimum absolute atomic E-state index is 0.0801. The molecule has 0 saturated heterocycles. The molecule has 0 aliphatic heterocycles. The van der Waals surface area contributed by atoms with E-state index < -0.39 is 0 Å². The first-order valence-corrected chi connectivity index (χ1v) is 10.8. The number of hydrogen-bond acceptors (Lipinski definition) is 8. The number of nitrogens with zero attached hydrogens (tertiary/aromatic N) is 6. The van der Waals surface area contributed by atoms with Crippen LogP contribution in [0.3, 0.4) is 0 Å². The van der Waals surface area contributed by atoms with Crippen molar-refractivity contribution in [2.24, 2.45) is 7.05 Å². The third kappa shape index (κ3) is 4.67. The van der Waals surface area contributed by atoms with Gasteiger partial charge in [0.2, 0.25) is 11.5 Å². The van der Waals surface area contributed by atoms with Crippen LogP contribution in [-0.4, -0.2) is 24.1 Å². The number of benzene rings is 2. The van der Waals surface area contributed by atoms with Gasteiger partial charge >= 0.3 is 0 Å². The Kier molecular flexibility index (Phi) is 6.56. The summed E-state index contributed by atoms with van der Waals surface area (Å²) in [4.78, 5) is 36.8. The number of rotatable bonds is 2. The van der Waals surface area contributed by atoms with Crippen LogP contribution < -0.4 is 22.6 Å². The van der Waals surface area contributed by atoms with E-state index in [2.05, 4.69) is 15.0 Å². The van der Waals surface area contributed by atoms with Crippen molar-refractivity contribution in [3.05, 3.63) is 105 Å². The van der Waals surface area contributed by atoms with Crippen LogP contribution in [0.4, 0.5) is 11.8 Å². The van der Waals surface area contributed by atoms with E-state index in [4.69, 9.17) is 16.7 Å². The Morgan fingerprint density at radius 1 is 0.944 bits per heavy atom. The predicted molar refractivity (Wildman–Crippen MR) is 138 cm³/mol. The average molecular weight is 479 g/mol. The second kappa shape index (κ2) is 9.90. The van der Waals surface area contributed by atoms with Gasteiger partial charge in [0.25, 0.3) is 5.56 Å². The smallest absolute Gasteiger partial charge is 0.266 e. The van der Waals surface area contributed by atoms with E-state index >= 15 is 0 Å². The Labute approximate surface area is 205 Å². The van der Waals surface area contributed by atoms with E-state index in [0.29, 0.717) is 16.7 Å². The van der Waals surface area contributed by atoms with Gasteiger partial charge in [-0.05, 0) is 42.3 Å². The number of nitrogens with two attached hydrogens (primary N) is 2. The lowest BCUT2D eigenvalue weighted by atomic mass is 10.0. The summed E-state index contributed by atoms with van der Waals surface area (Å²) in [5.41, 5.74) is 13.5. The third-order valence-corrected chi connectivity index (χ3v) is 5.43.